The molecule has 2 aromatic rings. The first-order chi connectivity index (χ1) is 8.79. The normalized spacial score (nSPS) is 29.3. The van der Waals surface area contributed by atoms with E-state index in [0.29, 0.717) is 6.04 Å². The molecule has 1 aromatic heterocycles. The molecule has 0 spiro atoms. The second-order valence-corrected chi connectivity index (χ2v) is 5.54. The number of benzene rings is 1. The number of nitrogens with one attached hydrogen (secondary N) is 1. The summed E-state index contributed by atoms with van der Waals surface area (Å²) in [4.78, 5) is 0. The highest BCUT2D eigenvalue weighted by atomic mass is 16.5. The van der Waals surface area contributed by atoms with Crippen LogP contribution in [0, 0.1) is 12.8 Å². The first-order valence-corrected chi connectivity index (χ1v) is 6.59. The van der Waals surface area contributed by atoms with Gasteiger partial charge in [-0.2, -0.15) is 0 Å². The minimum Gasteiger partial charge on any atom is -0.356 e. The summed E-state index contributed by atoms with van der Waals surface area (Å²) in [6.45, 7) is 2.09. The summed E-state index contributed by atoms with van der Waals surface area (Å²) in [6.07, 6.45) is 2.56. The molecule has 3 atom stereocenters. The highest BCUT2D eigenvalue weighted by Crippen LogP contribution is 2.46. The van der Waals surface area contributed by atoms with Crippen molar-refractivity contribution in [2.24, 2.45) is 5.92 Å². The van der Waals surface area contributed by atoms with Crippen molar-refractivity contribution in [3.05, 3.63) is 41.6 Å². The van der Waals surface area contributed by atoms with Crippen LogP contribution in [0.15, 0.2) is 34.9 Å². The van der Waals surface area contributed by atoms with Gasteiger partial charge in [0, 0.05) is 17.7 Å². The Kier molecular flexibility index (Phi) is 2.12. The molecule has 3 heteroatoms. The van der Waals surface area contributed by atoms with Crippen molar-refractivity contribution in [2.45, 2.75) is 31.8 Å². The standard InChI is InChI=1S/C15H16N2O/c1-9-3-2-4-10(5-9)15-8-14(17-18-15)13-7-11-6-12(11)16-13/h2-5,8,11-13,16H,6-7H2,1H3/t11-,12-,13-/m1/s1. The Labute approximate surface area is 106 Å². The fraction of sp³-hybridized carbons (Fsp3) is 0.400. The minimum absolute atomic E-state index is 0.399. The van der Waals surface area contributed by atoms with Crippen LogP contribution in [-0.2, 0) is 0 Å². The maximum Gasteiger partial charge on any atom is 0.167 e. The van der Waals surface area contributed by atoms with E-state index in [4.69, 9.17) is 4.52 Å². The van der Waals surface area contributed by atoms with Crippen molar-refractivity contribution in [3.63, 3.8) is 0 Å². The van der Waals surface area contributed by atoms with E-state index in [1.165, 1.54) is 18.4 Å². The number of aryl methyl sites for hydroxylation is 1. The van der Waals surface area contributed by atoms with Crippen molar-refractivity contribution in [1.82, 2.24) is 10.5 Å². The van der Waals surface area contributed by atoms with Gasteiger partial charge in [-0.3, -0.25) is 0 Å². The Bertz CT molecular complexity index is 580. The van der Waals surface area contributed by atoms with Crippen LogP contribution in [0.4, 0.5) is 0 Å². The molecule has 2 aliphatic rings. The van der Waals surface area contributed by atoms with Gasteiger partial charge in [-0.05, 0) is 31.7 Å². The molecule has 2 heterocycles. The quantitative estimate of drug-likeness (QED) is 0.876. The molecule has 3 nitrogen and oxygen atoms in total. The van der Waals surface area contributed by atoms with Gasteiger partial charge in [0.25, 0.3) is 0 Å². The topological polar surface area (TPSA) is 38.1 Å². The third kappa shape index (κ3) is 1.66. The van der Waals surface area contributed by atoms with E-state index in [-0.39, 0.29) is 0 Å². The Hall–Kier alpha value is -1.61. The molecule has 0 bridgehead atoms. The van der Waals surface area contributed by atoms with Crippen molar-refractivity contribution >= 4 is 0 Å². The van der Waals surface area contributed by atoms with Gasteiger partial charge in [-0.1, -0.05) is 28.9 Å². The van der Waals surface area contributed by atoms with Gasteiger partial charge in [-0.15, -0.1) is 0 Å². The van der Waals surface area contributed by atoms with E-state index in [9.17, 15) is 0 Å². The number of piperidine rings is 1. The van der Waals surface area contributed by atoms with Crippen LogP contribution < -0.4 is 5.32 Å². The molecule has 4 rings (SSSR count). The summed E-state index contributed by atoms with van der Waals surface area (Å²) in [5.41, 5.74) is 3.40. The highest BCUT2D eigenvalue weighted by molar-refractivity contribution is 5.58. The Balaban J connectivity index is 1.61. The average Bonchev–Trinajstić information content (AvgIpc) is 2.83. The van der Waals surface area contributed by atoms with Crippen molar-refractivity contribution < 1.29 is 4.52 Å². The predicted molar refractivity (Wildman–Crippen MR) is 69.1 cm³/mol. The second kappa shape index (κ2) is 3.69. The van der Waals surface area contributed by atoms with Crippen molar-refractivity contribution in [3.8, 4) is 11.3 Å². The molecule has 92 valence electrons. The summed E-state index contributed by atoms with van der Waals surface area (Å²) in [5, 5.41) is 7.82. The Morgan fingerprint density at radius 2 is 2.22 bits per heavy atom. The highest BCUT2D eigenvalue weighted by Gasteiger charge is 2.46. The van der Waals surface area contributed by atoms with Crippen LogP contribution in [-0.4, -0.2) is 11.2 Å². The molecule has 1 aromatic carbocycles. The van der Waals surface area contributed by atoms with Crippen LogP contribution in [0.5, 0.6) is 0 Å². The van der Waals surface area contributed by atoms with Gasteiger partial charge < -0.3 is 9.84 Å². The molecular weight excluding hydrogens is 224 g/mol. The van der Waals surface area contributed by atoms with E-state index in [1.807, 2.05) is 0 Å². The molecule has 1 aliphatic carbocycles. The third-order valence-electron chi connectivity index (χ3n) is 4.06. The number of rotatable bonds is 2. The number of hydrogen-bond acceptors (Lipinski definition) is 3. The zero-order chi connectivity index (χ0) is 12.1. The summed E-state index contributed by atoms with van der Waals surface area (Å²) >= 11 is 0. The lowest BCUT2D eigenvalue weighted by atomic mass is 10.1. The zero-order valence-corrected chi connectivity index (χ0v) is 10.4. The molecule has 2 fully saturated rings. The summed E-state index contributed by atoms with van der Waals surface area (Å²) in [7, 11) is 0. The fourth-order valence-electron chi connectivity index (χ4n) is 2.94. The first kappa shape index (κ1) is 10.3. The van der Waals surface area contributed by atoms with Gasteiger partial charge in [0.05, 0.1) is 6.04 Å². The lowest BCUT2D eigenvalue weighted by Crippen LogP contribution is -2.17. The molecule has 18 heavy (non-hydrogen) atoms. The SMILES string of the molecule is Cc1cccc(-c2cc([C@H]3C[C@H]4C[C@H]4N3)no2)c1. The molecule has 1 aliphatic heterocycles. The van der Waals surface area contributed by atoms with E-state index in [1.54, 1.807) is 0 Å². The fourth-order valence-corrected chi connectivity index (χ4v) is 2.94. The smallest absolute Gasteiger partial charge is 0.167 e. The number of aromatic nitrogens is 1. The third-order valence-corrected chi connectivity index (χ3v) is 4.06. The molecule has 0 radical (unpaired) electrons. The maximum absolute atomic E-state index is 5.48. The molecule has 0 unspecified atom stereocenters. The van der Waals surface area contributed by atoms with Crippen LogP contribution in [0.25, 0.3) is 11.3 Å². The average molecular weight is 240 g/mol. The molecule has 1 saturated carbocycles. The van der Waals surface area contributed by atoms with E-state index in [0.717, 1.165) is 29.0 Å². The van der Waals surface area contributed by atoms with E-state index >= 15 is 0 Å². The van der Waals surface area contributed by atoms with Crippen molar-refractivity contribution in [2.75, 3.05) is 0 Å². The van der Waals surface area contributed by atoms with Crippen LogP contribution in [0.2, 0.25) is 0 Å². The van der Waals surface area contributed by atoms with Gasteiger partial charge in [-0.25, -0.2) is 0 Å². The lowest BCUT2D eigenvalue weighted by Gasteiger charge is -2.07. The van der Waals surface area contributed by atoms with Crippen LogP contribution in [0.3, 0.4) is 0 Å². The zero-order valence-electron chi connectivity index (χ0n) is 10.4. The number of nitrogens with zero attached hydrogens (tertiary/aromatic N) is 1. The lowest BCUT2D eigenvalue weighted by molar-refractivity contribution is 0.407. The van der Waals surface area contributed by atoms with Gasteiger partial charge in [0.2, 0.25) is 0 Å². The number of fused-ring (bicyclic) bond motifs is 1. The molecule has 1 saturated heterocycles. The van der Waals surface area contributed by atoms with Gasteiger partial charge >= 0.3 is 0 Å². The Morgan fingerprint density at radius 1 is 1.28 bits per heavy atom. The van der Waals surface area contributed by atoms with Crippen molar-refractivity contribution in [1.29, 1.82) is 0 Å². The first-order valence-electron chi connectivity index (χ1n) is 6.59. The monoisotopic (exact) mass is 240 g/mol. The predicted octanol–water partition coefficient (Wildman–Crippen LogP) is 3.07. The van der Waals surface area contributed by atoms with Gasteiger partial charge in [0.1, 0.15) is 5.69 Å². The molecule has 1 N–H and O–H groups in total. The van der Waals surface area contributed by atoms with E-state index in [2.05, 4.69) is 47.7 Å². The maximum atomic E-state index is 5.48. The van der Waals surface area contributed by atoms with Crippen LogP contribution >= 0.6 is 0 Å². The Morgan fingerprint density at radius 3 is 3.00 bits per heavy atom. The summed E-state index contributed by atoms with van der Waals surface area (Å²) < 4.78 is 5.48. The van der Waals surface area contributed by atoms with Crippen LogP contribution in [0.1, 0.15) is 30.1 Å². The minimum atomic E-state index is 0.399. The van der Waals surface area contributed by atoms with Gasteiger partial charge in [0.15, 0.2) is 5.76 Å². The summed E-state index contributed by atoms with van der Waals surface area (Å²) in [6, 6.07) is 11.6. The second-order valence-electron chi connectivity index (χ2n) is 5.54. The number of hydrogen-bond donors (Lipinski definition) is 1. The summed E-state index contributed by atoms with van der Waals surface area (Å²) in [5.74, 6) is 1.75. The molecular formula is C15H16N2O. The largest absolute Gasteiger partial charge is 0.356 e. The van der Waals surface area contributed by atoms with E-state index < -0.39 is 0 Å². The molecule has 0 amide bonds.